The summed E-state index contributed by atoms with van der Waals surface area (Å²) in [5.74, 6) is 1.00. The Morgan fingerprint density at radius 3 is 2.74 bits per heavy atom. The Bertz CT molecular complexity index is 537. The highest BCUT2D eigenvalue weighted by molar-refractivity contribution is 14.0. The van der Waals surface area contributed by atoms with Gasteiger partial charge in [-0.3, -0.25) is 9.89 Å². The molecule has 1 N–H and O–H groups in total. The number of likely N-dealkylation sites (tertiary alicyclic amines) is 1. The number of piperidine rings is 1. The van der Waals surface area contributed by atoms with Crippen LogP contribution in [0.1, 0.15) is 47.0 Å². The molecule has 27 heavy (non-hydrogen) atoms. The molecule has 0 aromatic carbocycles. The van der Waals surface area contributed by atoms with E-state index in [-0.39, 0.29) is 36.1 Å². The molecule has 0 aliphatic carbocycles. The summed E-state index contributed by atoms with van der Waals surface area (Å²) in [4.78, 5) is 23.7. The van der Waals surface area contributed by atoms with Gasteiger partial charge in [0.1, 0.15) is 5.60 Å². The lowest BCUT2D eigenvalue weighted by Crippen LogP contribution is -2.58. The van der Waals surface area contributed by atoms with Gasteiger partial charge in [-0.2, -0.15) is 0 Å². The molecule has 0 radical (unpaired) electrons. The summed E-state index contributed by atoms with van der Waals surface area (Å²) in [7, 11) is 0. The van der Waals surface area contributed by atoms with E-state index in [0.29, 0.717) is 19.1 Å². The van der Waals surface area contributed by atoms with Crippen molar-refractivity contribution >= 4 is 36.0 Å². The average molecular weight is 493 g/mol. The average Bonchev–Trinajstić information content (AvgIpc) is 2.97. The number of halogens is 1. The van der Waals surface area contributed by atoms with E-state index >= 15 is 0 Å². The number of carbonyl (C=O) groups is 1. The van der Waals surface area contributed by atoms with Crippen molar-refractivity contribution < 1.29 is 9.53 Å². The second kappa shape index (κ2) is 9.62. The monoisotopic (exact) mass is 493 g/mol. The molecular weight excluding hydrogens is 457 g/mol. The van der Waals surface area contributed by atoms with Crippen molar-refractivity contribution in [2.45, 2.75) is 64.6 Å². The van der Waals surface area contributed by atoms with Gasteiger partial charge in [-0.15, -0.1) is 24.0 Å². The number of hydrogen-bond acceptors (Lipinski definition) is 6. The lowest BCUT2D eigenvalue weighted by atomic mass is 10.0. The number of amides is 1. The first-order chi connectivity index (χ1) is 12.3. The van der Waals surface area contributed by atoms with Gasteiger partial charge < -0.3 is 19.9 Å². The van der Waals surface area contributed by atoms with Gasteiger partial charge in [0.25, 0.3) is 0 Å². The van der Waals surface area contributed by atoms with Crippen molar-refractivity contribution in [1.82, 2.24) is 20.0 Å². The normalized spacial score (nSPS) is 26.1. The lowest BCUT2D eigenvalue weighted by molar-refractivity contribution is 0.0137. The summed E-state index contributed by atoms with van der Waals surface area (Å²) in [6.07, 6.45) is 3.79. The van der Waals surface area contributed by atoms with Crippen LogP contribution in [0.2, 0.25) is 0 Å². The van der Waals surface area contributed by atoms with Crippen LogP contribution < -0.4 is 5.32 Å². The summed E-state index contributed by atoms with van der Waals surface area (Å²) in [6.45, 7) is 14.2. The van der Waals surface area contributed by atoms with E-state index < -0.39 is 5.60 Å². The largest absolute Gasteiger partial charge is 0.444 e. The molecule has 1 amide bonds. The fourth-order valence-electron chi connectivity index (χ4n) is 4.02. The first kappa shape index (κ1) is 22.5. The molecule has 0 aromatic heterocycles. The van der Waals surface area contributed by atoms with E-state index in [1.165, 1.54) is 25.8 Å². The topological polar surface area (TPSA) is 60.4 Å². The summed E-state index contributed by atoms with van der Waals surface area (Å²) < 4.78 is 5.50. The SMILES string of the molecule is CC1CCCCN1CCNC1=NCC2CN(C(=O)OC(C)(C)C)CCN12.I. The van der Waals surface area contributed by atoms with Crippen LogP contribution in [-0.4, -0.2) is 90.3 Å². The number of aliphatic imine (C=N–C) groups is 1. The van der Waals surface area contributed by atoms with Gasteiger partial charge in [-0.05, 0) is 47.1 Å². The van der Waals surface area contributed by atoms with Gasteiger partial charge in [0, 0.05) is 38.8 Å². The first-order valence-corrected chi connectivity index (χ1v) is 10.1. The third-order valence-electron chi connectivity index (χ3n) is 5.48. The zero-order valence-electron chi connectivity index (χ0n) is 17.2. The van der Waals surface area contributed by atoms with Crippen LogP contribution in [0.25, 0.3) is 0 Å². The van der Waals surface area contributed by atoms with Gasteiger partial charge >= 0.3 is 6.09 Å². The van der Waals surface area contributed by atoms with E-state index in [0.717, 1.165) is 32.1 Å². The van der Waals surface area contributed by atoms with Crippen LogP contribution in [0.4, 0.5) is 4.79 Å². The molecule has 3 aliphatic rings. The number of carbonyl (C=O) groups excluding carboxylic acids is 1. The molecule has 2 fully saturated rings. The highest BCUT2D eigenvalue weighted by atomic mass is 127. The number of ether oxygens (including phenoxy) is 1. The molecule has 7 nitrogen and oxygen atoms in total. The molecular formula is C19H36IN5O2. The molecule has 2 atom stereocenters. The van der Waals surface area contributed by atoms with Gasteiger partial charge in [-0.25, -0.2) is 4.79 Å². The van der Waals surface area contributed by atoms with E-state index in [9.17, 15) is 4.79 Å². The molecule has 3 rings (SSSR count). The second-order valence-electron chi connectivity index (χ2n) is 8.75. The number of rotatable bonds is 3. The van der Waals surface area contributed by atoms with Crippen LogP contribution >= 0.6 is 24.0 Å². The minimum atomic E-state index is -0.446. The van der Waals surface area contributed by atoms with Crippen LogP contribution in [-0.2, 0) is 4.74 Å². The second-order valence-corrected chi connectivity index (χ2v) is 8.75. The molecule has 156 valence electrons. The zero-order valence-corrected chi connectivity index (χ0v) is 19.6. The van der Waals surface area contributed by atoms with Gasteiger partial charge in [-0.1, -0.05) is 6.42 Å². The molecule has 0 bridgehead atoms. The quantitative estimate of drug-likeness (QED) is 0.612. The van der Waals surface area contributed by atoms with E-state index in [1.807, 2.05) is 25.7 Å². The van der Waals surface area contributed by atoms with Gasteiger partial charge in [0.05, 0.1) is 12.6 Å². The van der Waals surface area contributed by atoms with Crippen LogP contribution in [0.15, 0.2) is 4.99 Å². The number of nitrogens with zero attached hydrogens (tertiary/aromatic N) is 4. The van der Waals surface area contributed by atoms with Crippen LogP contribution in [0.5, 0.6) is 0 Å². The van der Waals surface area contributed by atoms with Crippen molar-refractivity contribution in [3.8, 4) is 0 Å². The van der Waals surface area contributed by atoms with Crippen molar-refractivity contribution in [1.29, 1.82) is 0 Å². The molecule has 3 aliphatic heterocycles. The molecule has 2 unspecified atom stereocenters. The van der Waals surface area contributed by atoms with E-state index in [2.05, 4.69) is 27.0 Å². The smallest absolute Gasteiger partial charge is 0.410 e. The third kappa shape index (κ3) is 6.10. The van der Waals surface area contributed by atoms with Crippen molar-refractivity contribution in [2.75, 3.05) is 45.8 Å². The van der Waals surface area contributed by atoms with Gasteiger partial charge in [0.15, 0.2) is 5.96 Å². The Kier molecular flexibility index (Phi) is 8.03. The zero-order chi connectivity index (χ0) is 18.7. The summed E-state index contributed by atoms with van der Waals surface area (Å²) >= 11 is 0. The van der Waals surface area contributed by atoms with Crippen LogP contribution in [0.3, 0.4) is 0 Å². The Labute approximate surface area is 180 Å². The summed E-state index contributed by atoms with van der Waals surface area (Å²) in [5.41, 5.74) is -0.446. The molecule has 3 heterocycles. The molecule has 8 heteroatoms. The molecule has 0 aromatic rings. The minimum Gasteiger partial charge on any atom is -0.444 e. The lowest BCUT2D eigenvalue weighted by Gasteiger charge is -2.39. The predicted octanol–water partition coefficient (Wildman–Crippen LogP) is 2.36. The Balaban J connectivity index is 0.00000261. The van der Waals surface area contributed by atoms with E-state index in [4.69, 9.17) is 4.74 Å². The Morgan fingerprint density at radius 1 is 1.26 bits per heavy atom. The maximum atomic E-state index is 12.3. The highest BCUT2D eigenvalue weighted by Crippen LogP contribution is 2.19. The fourth-order valence-corrected chi connectivity index (χ4v) is 4.02. The molecule has 0 spiro atoms. The highest BCUT2D eigenvalue weighted by Gasteiger charge is 2.36. The van der Waals surface area contributed by atoms with E-state index in [1.54, 1.807) is 0 Å². The van der Waals surface area contributed by atoms with Crippen molar-refractivity contribution in [3.05, 3.63) is 0 Å². The summed E-state index contributed by atoms with van der Waals surface area (Å²) in [5, 5.41) is 3.53. The number of fused-ring (bicyclic) bond motifs is 1. The third-order valence-corrected chi connectivity index (χ3v) is 5.48. The van der Waals surface area contributed by atoms with Crippen LogP contribution in [0, 0.1) is 0 Å². The maximum absolute atomic E-state index is 12.3. The number of guanidine groups is 1. The predicted molar refractivity (Wildman–Crippen MR) is 119 cm³/mol. The number of nitrogens with one attached hydrogen (secondary N) is 1. The Morgan fingerprint density at radius 2 is 2.04 bits per heavy atom. The summed E-state index contributed by atoms with van der Waals surface area (Å²) in [6, 6.07) is 0.967. The molecule has 2 saturated heterocycles. The standard InChI is InChI=1S/C19H35N5O2.HI/c1-15-7-5-6-9-22(15)10-8-20-17-21-13-16-14-23(11-12-24(16)17)18(25)26-19(2,3)4;/h15-16H,5-14H2,1-4H3,(H,20,21);1H. The Hall–Kier alpha value is -0.770. The maximum Gasteiger partial charge on any atom is 0.410 e. The number of hydrogen-bond donors (Lipinski definition) is 1. The molecule has 0 saturated carbocycles. The number of piperazine rings is 1. The van der Waals surface area contributed by atoms with Crippen molar-refractivity contribution in [2.24, 2.45) is 4.99 Å². The van der Waals surface area contributed by atoms with Crippen molar-refractivity contribution in [3.63, 3.8) is 0 Å². The fraction of sp³-hybridized carbons (Fsp3) is 0.895. The minimum absolute atomic E-state index is 0. The first-order valence-electron chi connectivity index (χ1n) is 10.1. The van der Waals surface area contributed by atoms with Gasteiger partial charge in [0.2, 0.25) is 0 Å².